The van der Waals surface area contributed by atoms with Crippen molar-refractivity contribution in [2.75, 3.05) is 54.6 Å². The van der Waals surface area contributed by atoms with Crippen molar-refractivity contribution in [3.05, 3.63) is 36.1 Å². The maximum absolute atomic E-state index is 11.7. The van der Waals surface area contributed by atoms with Gasteiger partial charge in [-0.15, -0.1) is 0 Å². The van der Waals surface area contributed by atoms with Crippen LogP contribution in [0, 0.1) is 13.3 Å². The van der Waals surface area contributed by atoms with Crippen LogP contribution in [0.1, 0.15) is 27.7 Å². The van der Waals surface area contributed by atoms with Gasteiger partial charge in [-0.25, -0.2) is 19.2 Å². The van der Waals surface area contributed by atoms with Crippen LogP contribution in [0.4, 0.5) is 0 Å². The van der Waals surface area contributed by atoms with Gasteiger partial charge in [-0.1, -0.05) is 0 Å². The number of ether oxygens (including phenoxy) is 4. The molecule has 37 heavy (non-hydrogen) atoms. The molecule has 0 aromatic rings. The molecular weight excluding hydrogens is 808 g/mol. The minimum absolute atomic E-state index is 0.146. The van der Waals surface area contributed by atoms with E-state index in [-0.39, 0.29) is 49.2 Å². The predicted molar refractivity (Wildman–Crippen MR) is 146 cm³/mol. The molecule has 4 radical (unpaired) electrons. The van der Waals surface area contributed by atoms with Gasteiger partial charge in [-0.05, 0) is 27.7 Å². The standard InChI is InChI=1S/2C11H16N2O4.2HI.Pd/c2*1-5-16-10(14)8-9(11(15)17-6-2)13(4)7-12(8)3;;;/h2*5-6H2,1-4H3;2*1H;/q;;;;+2/p-2. The van der Waals surface area contributed by atoms with Gasteiger partial charge >= 0.3 is 73.7 Å². The van der Waals surface area contributed by atoms with E-state index in [4.69, 9.17) is 18.9 Å². The second-order valence-electron chi connectivity index (χ2n) is 6.76. The van der Waals surface area contributed by atoms with Gasteiger partial charge in [0.1, 0.15) is 0 Å². The Labute approximate surface area is 248 Å². The summed E-state index contributed by atoms with van der Waals surface area (Å²) in [6.07, 6.45) is 0. The Hall–Kier alpha value is -1.32. The van der Waals surface area contributed by atoms with Crippen LogP contribution in [0.2, 0.25) is 0 Å². The average molecular weight is 841 g/mol. The van der Waals surface area contributed by atoms with E-state index in [2.05, 4.69) is 52.4 Å². The van der Waals surface area contributed by atoms with Gasteiger partial charge in [-0.2, -0.15) is 0 Å². The van der Waals surface area contributed by atoms with Crippen LogP contribution in [0.5, 0.6) is 0 Å². The number of halogens is 2. The third kappa shape index (κ3) is 10.8. The van der Waals surface area contributed by atoms with Gasteiger partial charge in [-0.3, -0.25) is 0 Å². The van der Waals surface area contributed by atoms with Crippen molar-refractivity contribution in [2.24, 2.45) is 0 Å². The Kier molecular flexibility index (Phi) is 18.2. The Bertz CT molecular complexity index is 740. The van der Waals surface area contributed by atoms with E-state index in [0.717, 1.165) is 10.8 Å². The molecule has 15 heteroatoms. The van der Waals surface area contributed by atoms with Crippen LogP contribution in [-0.4, -0.2) is 98.1 Å². The summed E-state index contributed by atoms with van der Waals surface area (Å²) in [5.74, 6) is -2.24. The number of rotatable bonds is 8. The van der Waals surface area contributed by atoms with Gasteiger partial charge in [0, 0.05) is 28.2 Å². The molecule has 0 saturated carbocycles. The van der Waals surface area contributed by atoms with Crippen molar-refractivity contribution in [3.63, 3.8) is 0 Å². The summed E-state index contributed by atoms with van der Waals surface area (Å²) in [6.45, 7) is 13.4. The quantitative estimate of drug-likeness (QED) is 0.155. The SMILES string of the molecule is CCOC(=O)C1=C(C(=O)OCC)N(C)[C]N1C.CCOC(=O)C1=C(C(=O)OCC)N(C)[C]N1C.[I][Pd][I]. The number of nitrogens with zero attached hydrogens (tertiary/aromatic N) is 4. The summed E-state index contributed by atoms with van der Waals surface area (Å²) in [5.41, 5.74) is 0.584. The zero-order chi connectivity index (χ0) is 28.7. The van der Waals surface area contributed by atoms with Gasteiger partial charge < -0.3 is 38.5 Å². The van der Waals surface area contributed by atoms with Crippen molar-refractivity contribution >= 4 is 62.9 Å². The summed E-state index contributed by atoms with van der Waals surface area (Å²) in [4.78, 5) is 52.6. The fourth-order valence-corrected chi connectivity index (χ4v) is 3.02. The maximum atomic E-state index is 11.7. The van der Waals surface area contributed by atoms with Gasteiger partial charge in [0.2, 0.25) is 13.3 Å². The van der Waals surface area contributed by atoms with Crippen LogP contribution in [0.15, 0.2) is 22.8 Å². The fraction of sp³-hybridized carbons (Fsp3) is 0.545. The number of carbonyl (C=O) groups excluding carboxylic acids is 4. The molecule has 0 bridgehead atoms. The van der Waals surface area contributed by atoms with Crippen LogP contribution in [-0.2, 0) is 48.9 Å². The second kappa shape index (κ2) is 18.9. The molecule has 0 aromatic carbocycles. The molecule has 0 fully saturated rings. The second-order valence-corrected chi connectivity index (χ2v) is 18.7. The zero-order valence-corrected chi connectivity index (χ0v) is 27.8. The van der Waals surface area contributed by atoms with E-state index in [9.17, 15) is 19.2 Å². The average Bonchev–Trinajstić information content (AvgIpc) is 3.29. The van der Waals surface area contributed by atoms with Gasteiger partial charge in [0.25, 0.3) is 0 Å². The van der Waals surface area contributed by atoms with Crippen molar-refractivity contribution in [3.8, 4) is 0 Å². The first-order valence-electron chi connectivity index (χ1n) is 10.9. The number of hydrogen-bond acceptors (Lipinski definition) is 12. The molecule has 0 aliphatic carbocycles. The zero-order valence-electron chi connectivity index (χ0n) is 22.0. The molecule has 0 aromatic heterocycles. The Morgan fingerprint density at radius 3 is 0.865 bits per heavy atom. The van der Waals surface area contributed by atoms with Gasteiger partial charge in [0.05, 0.1) is 26.4 Å². The van der Waals surface area contributed by atoms with Crippen LogP contribution in [0.3, 0.4) is 0 Å². The van der Waals surface area contributed by atoms with E-state index >= 15 is 0 Å². The van der Waals surface area contributed by atoms with Crippen molar-refractivity contribution in [2.45, 2.75) is 27.7 Å². The molecule has 0 spiro atoms. The molecule has 0 amide bonds. The summed E-state index contributed by atoms with van der Waals surface area (Å²) >= 11 is 4.65. The molecule has 2 rings (SSSR count). The Balaban J connectivity index is 0.000000633. The Morgan fingerprint density at radius 2 is 0.730 bits per heavy atom. The molecule has 2 aliphatic rings. The molecule has 0 saturated heterocycles. The van der Waals surface area contributed by atoms with Crippen molar-refractivity contribution in [1.29, 1.82) is 0 Å². The van der Waals surface area contributed by atoms with E-state index in [1.165, 1.54) is 19.6 Å². The monoisotopic (exact) mass is 840 g/mol. The first-order valence-corrected chi connectivity index (χ1v) is 20.2. The van der Waals surface area contributed by atoms with E-state index in [1.54, 1.807) is 55.9 Å². The first-order chi connectivity index (χ1) is 17.5. The van der Waals surface area contributed by atoms with E-state index < -0.39 is 23.9 Å². The third-order valence-corrected chi connectivity index (χ3v) is 4.27. The molecule has 0 atom stereocenters. The Morgan fingerprint density at radius 1 is 0.568 bits per heavy atom. The molecule has 0 unspecified atom stereocenters. The number of likely N-dealkylation sites (N-methyl/N-ethyl adjacent to an activating group) is 4. The summed E-state index contributed by atoms with van der Waals surface area (Å²) in [6, 6.07) is 0. The minimum atomic E-state index is -0.560. The number of esters is 4. The molecule has 2 heterocycles. The molecule has 0 N–H and O–H groups in total. The normalized spacial score (nSPS) is 14.6. The van der Waals surface area contributed by atoms with Crippen LogP contribution >= 0.6 is 39.0 Å². The summed E-state index contributed by atoms with van der Waals surface area (Å²) in [7, 11) is 7.37. The van der Waals surface area contributed by atoms with Gasteiger partial charge in [0.15, 0.2) is 22.8 Å². The first kappa shape index (κ1) is 35.7. The predicted octanol–water partition coefficient (Wildman–Crippen LogP) is 2.16. The summed E-state index contributed by atoms with van der Waals surface area (Å²) in [5, 5.41) is 0. The van der Waals surface area contributed by atoms with Crippen molar-refractivity contribution in [1.82, 2.24) is 19.6 Å². The van der Waals surface area contributed by atoms with E-state index in [0.29, 0.717) is 0 Å². The molecule has 12 nitrogen and oxygen atoms in total. The third-order valence-electron chi connectivity index (χ3n) is 4.27. The van der Waals surface area contributed by atoms with Crippen LogP contribution in [0.25, 0.3) is 0 Å². The number of hydrogen-bond donors (Lipinski definition) is 0. The topological polar surface area (TPSA) is 118 Å². The van der Waals surface area contributed by atoms with Crippen LogP contribution < -0.4 is 0 Å². The molecule has 2 aliphatic heterocycles. The molecular formula is C22H32I2N4O8Pd. The fourth-order valence-electron chi connectivity index (χ4n) is 3.02. The van der Waals surface area contributed by atoms with E-state index in [1.807, 2.05) is 0 Å². The molecule has 212 valence electrons. The van der Waals surface area contributed by atoms with Crippen molar-refractivity contribution < 1.29 is 48.9 Å². The number of carbonyl (C=O) groups is 4. The summed E-state index contributed by atoms with van der Waals surface area (Å²) < 4.78 is 19.6.